The molecule has 21 heavy (non-hydrogen) atoms. The Labute approximate surface area is 124 Å². The van der Waals surface area contributed by atoms with Gasteiger partial charge in [0.25, 0.3) is 0 Å². The zero-order valence-electron chi connectivity index (χ0n) is 12.0. The van der Waals surface area contributed by atoms with Crippen LogP contribution in [0.1, 0.15) is 6.42 Å². The predicted molar refractivity (Wildman–Crippen MR) is 83.6 cm³/mol. The van der Waals surface area contributed by atoms with E-state index in [0.29, 0.717) is 29.1 Å². The molecule has 1 aliphatic heterocycles. The highest BCUT2D eigenvalue weighted by Crippen LogP contribution is 2.27. The molecule has 0 spiro atoms. The van der Waals surface area contributed by atoms with Crippen LogP contribution in [0.15, 0.2) is 29.3 Å². The number of fused-ring (bicyclic) bond motifs is 1. The molecule has 2 heterocycles. The zero-order chi connectivity index (χ0) is 15.0. The van der Waals surface area contributed by atoms with Crippen molar-refractivity contribution in [3.63, 3.8) is 0 Å². The van der Waals surface area contributed by atoms with E-state index in [9.17, 15) is 8.42 Å². The summed E-state index contributed by atoms with van der Waals surface area (Å²) in [5.41, 5.74) is 7.14. The molecule has 1 aromatic heterocycles. The lowest BCUT2D eigenvalue weighted by Crippen LogP contribution is -2.34. The molecule has 0 unspecified atom stereocenters. The number of H-pyrrole nitrogens is 1. The molecule has 114 valence electrons. The molecule has 7 heteroatoms. The van der Waals surface area contributed by atoms with Gasteiger partial charge in [-0.15, -0.1) is 0 Å². The highest BCUT2D eigenvalue weighted by atomic mass is 32.2. The largest absolute Gasteiger partial charge is 0.399 e. The van der Waals surface area contributed by atoms with Gasteiger partial charge >= 0.3 is 0 Å². The number of likely N-dealkylation sites (N-methyl/N-ethyl adjacent to an activating group) is 1. The van der Waals surface area contributed by atoms with Crippen molar-refractivity contribution in [2.75, 3.05) is 39.0 Å². The molecular formula is C14H20N4O2S. The van der Waals surface area contributed by atoms with E-state index in [1.54, 1.807) is 28.7 Å². The van der Waals surface area contributed by atoms with Gasteiger partial charge < -0.3 is 15.6 Å². The van der Waals surface area contributed by atoms with E-state index in [4.69, 9.17) is 5.73 Å². The van der Waals surface area contributed by atoms with Gasteiger partial charge in [-0.2, -0.15) is 4.31 Å². The van der Waals surface area contributed by atoms with Crippen LogP contribution in [-0.2, 0) is 10.0 Å². The summed E-state index contributed by atoms with van der Waals surface area (Å²) >= 11 is 0. The quantitative estimate of drug-likeness (QED) is 0.813. The Bertz CT molecular complexity index is 753. The third kappa shape index (κ3) is 2.64. The van der Waals surface area contributed by atoms with Gasteiger partial charge in [0.05, 0.1) is 0 Å². The molecule has 0 saturated carbocycles. The molecule has 3 N–H and O–H groups in total. The highest BCUT2D eigenvalue weighted by molar-refractivity contribution is 7.89. The molecule has 1 aromatic carbocycles. The standard InChI is InChI=1S/C14H20N4O2S/c1-17-5-2-6-18(8-7-17)21(19,20)14-10-16-13-4-3-11(15)9-12(13)14/h3-4,9-10,16H,2,5-8,15H2,1H3. The zero-order valence-corrected chi connectivity index (χ0v) is 12.9. The van der Waals surface area contributed by atoms with Crippen molar-refractivity contribution in [3.05, 3.63) is 24.4 Å². The van der Waals surface area contributed by atoms with Gasteiger partial charge in [-0.3, -0.25) is 0 Å². The molecule has 2 aromatic rings. The summed E-state index contributed by atoms with van der Waals surface area (Å²) < 4.78 is 27.3. The Hall–Kier alpha value is -1.57. The number of aromatic amines is 1. The van der Waals surface area contributed by atoms with Crippen molar-refractivity contribution < 1.29 is 8.42 Å². The first-order valence-electron chi connectivity index (χ1n) is 7.04. The molecule has 1 saturated heterocycles. The summed E-state index contributed by atoms with van der Waals surface area (Å²) in [7, 11) is -1.47. The molecule has 0 bridgehead atoms. The van der Waals surface area contributed by atoms with Gasteiger partial charge in [-0.05, 0) is 38.2 Å². The minimum Gasteiger partial charge on any atom is -0.399 e. The van der Waals surface area contributed by atoms with Gasteiger partial charge in [0.1, 0.15) is 4.90 Å². The Morgan fingerprint density at radius 2 is 2.00 bits per heavy atom. The van der Waals surface area contributed by atoms with Gasteiger partial charge in [-0.25, -0.2) is 8.42 Å². The monoisotopic (exact) mass is 308 g/mol. The molecule has 0 aliphatic carbocycles. The third-order valence-electron chi connectivity index (χ3n) is 3.96. The number of hydrogen-bond acceptors (Lipinski definition) is 4. The number of anilines is 1. The molecule has 6 nitrogen and oxygen atoms in total. The summed E-state index contributed by atoms with van der Waals surface area (Å²) in [5.74, 6) is 0. The van der Waals surface area contributed by atoms with Crippen LogP contribution in [0.5, 0.6) is 0 Å². The fraction of sp³-hybridized carbons (Fsp3) is 0.429. The van der Waals surface area contributed by atoms with E-state index in [1.807, 2.05) is 7.05 Å². The predicted octanol–water partition coefficient (Wildman–Crippen LogP) is 1.08. The normalized spacial score (nSPS) is 18.9. The average molecular weight is 308 g/mol. The van der Waals surface area contributed by atoms with Crippen molar-refractivity contribution in [1.82, 2.24) is 14.2 Å². The number of rotatable bonds is 2. The maximum absolute atomic E-state index is 12.9. The van der Waals surface area contributed by atoms with Crippen molar-refractivity contribution in [2.45, 2.75) is 11.3 Å². The van der Waals surface area contributed by atoms with Crippen molar-refractivity contribution in [2.24, 2.45) is 0 Å². The van der Waals surface area contributed by atoms with Crippen LogP contribution in [0, 0.1) is 0 Å². The van der Waals surface area contributed by atoms with E-state index in [2.05, 4.69) is 9.88 Å². The van der Waals surface area contributed by atoms with E-state index >= 15 is 0 Å². The fourth-order valence-corrected chi connectivity index (χ4v) is 4.35. The number of hydrogen-bond donors (Lipinski definition) is 2. The van der Waals surface area contributed by atoms with Gasteiger partial charge in [0, 0.05) is 42.4 Å². The highest BCUT2D eigenvalue weighted by Gasteiger charge is 2.28. The summed E-state index contributed by atoms with van der Waals surface area (Å²) in [5, 5.41) is 0.660. The van der Waals surface area contributed by atoms with Gasteiger partial charge in [0.15, 0.2) is 0 Å². The molecule has 0 amide bonds. The first kappa shape index (κ1) is 14.4. The number of sulfonamides is 1. The number of nitrogens with one attached hydrogen (secondary N) is 1. The number of nitrogens with zero attached hydrogens (tertiary/aromatic N) is 2. The number of nitrogen functional groups attached to an aromatic ring is 1. The fourth-order valence-electron chi connectivity index (χ4n) is 2.73. The third-order valence-corrected chi connectivity index (χ3v) is 5.90. The Morgan fingerprint density at radius 1 is 1.19 bits per heavy atom. The Balaban J connectivity index is 2.01. The van der Waals surface area contributed by atoms with Crippen LogP contribution >= 0.6 is 0 Å². The number of nitrogens with two attached hydrogens (primary N) is 1. The van der Waals surface area contributed by atoms with Crippen molar-refractivity contribution >= 4 is 26.6 Å². The second-order valence-electron chi connectivity index (χ2n) is 5.52. The van der Waals surface area contributed by atoms with Crippen LogP contribution in [0.3, 0.4) is 0 Å². The number of benzene rings is 1. The van der Waals surface area contributed by atoms with E-state index in [-0.39, 0.29) is 0 Å². The second-order valence-corrected chi connectivity index (χ2v) is 7.43. The maximum atomic E-state index is 12.9. The maximum Gasteiger partial charge on any atom is 0.245 e. The molecule has 3 rings (SSSR count). The van der Waals surface area contributed by atoms with Crippen LogP contribution in [0.25, 0.3) is 10.9 Å². The van der Waals surface area contributed by atoms with Gasteiger partial charge in [0.2, 0.25) is 10.0 Å². The minimum absolute atomic E-state index is 0.314. The lowest BCUT2D eigenvalue weighted by molar-refractivity contribution is 0.347. The van der Waals surface area contributed by atoms with Gasteiger partial charge in [-0.1, -0.05) is 0 Å². The van der Waals surface area contributed by atoms with E-state index < -0.39 is 10.0 Å². The van der Waals surface area contributed by atoms with Crippen LogP contribution in [-0.4, -0.2) is 55.8 Å². The molecule has 0 atom stereocenters. The summed E-state index contributed by atoms with van der Waals surface area (Å²) in [6.45, 7) is 2.76. The smallest absolute Gasteiger partial charge is 0.245 e. The molecule has 1 aliphatic rings. The second kappa shape index (κ2) is 5.32. The first-order valence-corrected chi connectivity index (χ1v) is 8.48. The minimum atomic E-state index is -3.49. The number of aromatic nitrogens is 1. The lowest BCUT2D eigenvalue weighted by atomic mass is 10.2. The topological polar surface area (TPSA) is 82.4 Å². The van der Waals surface area contributed by atoms with E-state index in [0.717, 1.165) is 25.0 Å². The van der Waals surface area contributed by atoms with Crippen molar-refractivity contribution in [3.8, 4) is 0 Å². The van der Waals surface area contributed by atoms with Crippen LogP contribution in [0.2, 0.25) is 0 Å². The average Bonchev–Trinajstić information content (AvgIpc) is 2.73. The molecule has 0 radical (unpaired) electrons. The van der Waals surface area contributed by atoms with Crippen molar-refractivity contribution in [1.29, 1.82) is 0 Å². The molecular weight excluding hydrogens is 288 g/mol. The summed E-state index contributed by atoms with van der Waals surface area (Å²) in [4.78, 5) is 5.48. The first-order chi connectivity index (χ1) is 9.98. The Morgan fingerprint density at radius 3 is 2.81 bits per heavy atom. The summed E-state index contributed by atoms with van der Waals surface area (Å²) in [6.07, 6.45) is 2.41. The van der Waals surface area contributed by atoms with Crippen LogP contribution < -0.4 is 5.73 Å². The van der Waals surface area contributed by atoms with Crippen LogP contribution in [0.4, 0.5) is 5.69 Å². The lowest BCUT2D eigenvalue weighted by Gasteiger charge is -2.19. The molecule has 1 fully saturated rings. The SMILES string of the molecule is CN1CCCN(S(=O)(=O)c2c[nH]c3ccc(N)cc23)CC1. The Kier molecular flexibility index (Phi) is 3.64. The summed E-state index contributed by atoms with van der Waals surface area (Å²) in [6, 6.07) is 5.28. The van der Waals surface area contributed by atoms with E-state index in [1.165, 1.54) is 0 Å².